The number of fused-ring (bicyclic) bond motifs is 1. The zero-order valence-corrected chi connectivity index (χ0v) is 16.1. The van der Waals surface area contributed by atoms with Crippen LogP contribution in [0.25, 0.3) is 28.1 Å². The highest BCUT2D eigenvalue weighted by molar-refractivity contribution is 5.87. The van der Waals surface area contributed by atoms with Crippen LogP contribution >= 0.6 is 0 Å². The normalized spacial score (nSPS) is 11.1. The Bertz CT molecular complexity index is 1450. The van der Waals surface area contributed by atoms with Gasteiger partial charge >= 0.3 is 5.97 Å². The van der Waals surface area contributed by atoms with E-state index in [1.165, 1.54) is 23.3 Å². The van der Waals surface area contributed by atoms with Crippen molar-refractivity contribution >= 4 is 17.0 Å². The van der Waals surface area contributed by atoms with Crippen molar-refractivity contribution in [3.63, 3.8) is 0 Å². The second kappa shape index (κ2) is 7.38. The number of nitrogens with zero attached hydrogens (tertiary/aromatic N) is 5. The Labute approximate surface area is 175 Å². The van der Waals surface area contributed by atoms with Crippen LogP contribution in [0.1, 0.15) is 15.9 Å². The van der Waals surface area contributed by atoms with E-state index in [1.54, 1.807) is 4.68 Å². The fraction of sp³-hybridized carbons (Fsp3) is 0.0455. The number of H-pyrrole nitrogens is 1. The van der Waals surface area contributed by atoms with Gasteiger partial charge in [-0.15, -0.1) is 0 Å². The van der Waals surface area contributed by atoms with Gasteiger partial charge in [0.15, 0.2) is 5.52 Å². The summed E-state index contributed by atoms with van der Waals surface area (Å²) >= 11 is 0. The average Bonchev–Trinajstić information content (AvgIpc) is 3.43. The maximum atomic E-state index is 12.7. The molecule has 9 heteroatoms. The van der Waals surface area contributed by atoms with Crippen molar-refractivity contribution in [2.24, 2.45) is 0 Å². The number of carboxylic acids is 1. The maximum absolute atomic E-state index is 12.7. The van der Waals surface area contributed by atoms with Crippen LogP contribution < -0.4 is 5.56 Å². The maximum Gasteiger partial charge on any atom is 0.338 e. The largest absolute Gasteiger partial charge is 0.478 e. The van der Waals surface area contributed by atoms with Gasteiger partial charge in [0.25, 0.3) is 5.56 Å². The third-order valence-corrected chi connectivity index (χ3v) is 4.93. The molecule has 5 aromatic rings. The number of hydrogen-bond donors (Lipinski definition) is 2. The predicted octanol–water partition coefficient (Wildman–Crippen LogP) is 2.72. The monoisotopic (exact) mass is 412 g/mol. The summed E-state index contributed by atoms with van der Waals surface area (Å²) in [5, 5.41) is 17.3. The number of aromatic carboxylic acids is 1. The summed E-state index contributed by atoms with van der Waals surface area (Å²) in [6.07, 6.45) is 3.98. The number of carboxylic acid groups (broad SMARTS) is 1. The van der Waals surface area contributed by atoms with Gasteiger partial charge in [0.05, 0.1) is 24.5 Å². The van der Waals surface area contributed by atoms with Crippen molar-refractivity contribution in [3.8, 4) is 17.1 Å². The van der Waals surface area contributed by atoms with E-state index in [0.717, 1.165) is 16.7 Å². The lowest BCUT2D eigenvalue weighted by molar-refractivity contribution is 0.0697. The minimum Gasteiger partial charge on any atom is -0.478 e. The van der Waals surface area contributed by atoms with Gasteiger partial charge in [-0.1, -0.05) is 54.6 Å². The van der Waals surface area contributed by atoms with Crippen molar-refractivity contribution in [2.45, 2.75) is 6.54 Å². The zero-order chi connectivity index (χ0) is 21.4. The summed E-state index contributed by atoms with van der Waals surface area (Å²) in [5.41, 5.74) is 3.58. The van der Waals surface area contributed by atoms with E-state index in [1.807, 2.05) is 42.5 Å². The van der Waals surface area contributed by atoms with Gasteiger partial charge in [-0.3, -0.25) is 14.5 Å². The third-order valence-electron chi connectivity index (χ3n) is 4.93. The standard InChI is InChI=1S/C22H16N6O3/c29-20-19-18(25-22(26-20)28-13-17(10-23-28)21(30)31)11-24-27(19)12-14-6-8-16(9-7-14)15-4-2-1-3-5-15/h1-11,13H,12H2,(H,30,31)(H,25,26,29). The number of aromatic nitrogens is 6. The van der Waals surface area contributed by atoms with Crippen molar-refractivity contribution in [2.75, 3.05) is 0 Å². The molecule has 3 heterocycles. The summed E-state index contributed by atoms with van der Waals surface area (Å²) in [4.78, 5) is 30.8. The molecule has 0 atom stereocenters. The molecule has 9 nitrogen and oxygen atoms in total. The Morgan fingerprint density at radius 2 is 1.71 bits per heavy atom. The Kier molecular flexibility index (Phi) is 4.40. The van der Waals surface area contributed by atoms with E-state index < -0.39 is 5.97 Å². The Balaban J connectivity index is 1.44. The molecule has 31 heavy (non-hydrogen) atoms. The first-order valence-electron chi connectivity index (χ1n) is 9.47. The minimum atomic E-state index is -1.11. The van der Waals surface area contributed by atoms with Crippen molar-refractivity contribution in [3.05, 3.63) is 94.7 Å². The van der Waals surface area contributed by atoms with Crippen LogP contribution in [0.5, 0.6) is 0 Å². The first-order chi connectivity index (χ1) is 15.1. The highest BCUT2D eigenvalue weighted by Crippen LogP contribution is 2.20. The molecule has 5 rings (SSSR count). The van der Waals surface area contributed by atoms with Crippen LogP contribution in [-0.4, -0.2) is 40.6 Å². The highest BCUT2D eigenvalue weighted by Gasteiger charge is 2.14. The van der Waals surface area contributed by atoms with Gasteiger partial charge in [0.2, 0.25) is 5.95 Å². The first-order valence-corrected chi connectivity index (χ1v) is 9.47. The molecule has 2 N–H and O–H groups in total. The van der Waals surface area contributed by atoms with E-state index >= 15 is 0 Å². The third kappa shape index (κ3) is 3.48. The Morgan fingerprint density at radius 3 is 2.42 bits per heavy atom. The molecule has 0 amide bonds. The number of carbonyl (C=O) groups is 1. The number of benzene rings is 2. The van der Waals surface area contributed by atoms with Gasteiger partial charge in [0, 0.05) is 6.20 Å². The molecule has 0 bridgehead atoms. The summed E-state index contributed by atoms with van der Waals surface area (Å²) in [5.74, 6) is -0.988. The fourth-order valence-electron chi connectivity index (χ4n) is 3.38. The van der Waals surface area contributed by atoms with Crippen LogP contribution in [0.3, 0.4) is 0 Å². The van der Waals surface area contributed by atoms with Crippen molar-refractivity contribution in [1.29, 1.82) is 0 Å². The van der Waals surface area contributed by atoms with Gasteiger partial charge in [0.1, 0.15) is 5.52 Å². The second-order valence-corrected chi connectivity index (χ2v) is 6.97. The molecule has 0 aliphatic carbocycles. The lowest BCUT2D eigenvalue weighted by Gasteiger charge is -2.06. The molecule has 0 fully saturated rings. The molecule has 0 radical (unpaired) electrons. The molecule has 0 unspecified atom stereocenters. The van der Waals surface area contributed by atoms with Gasteiger partial charge in [-0.2, -0.15) is 10.2 Å². The molecular weight excluding hydrogens is 396 g/mol. The van der Waals surface area contributed by atoms with Gasteiger partial charge in [-0.25, -0.2) is 14.5 Å². The van der Waals surface area contributed by atoms with Crippen LogP contribution in [0.15, 0.2) is 78.0 Å². The molecule has 0 aliphatic heterocycles. The second-order valence-electron chi connectivity index (χ2n) is 6.97. The van der Waals surface area contributed by atoms with Crippen molar-refractivity contribution in [1.82, 2.24) is 29.5 Å². The topological polar surface area (TPSA) is 119 Å². The predicted molar refractivity (Wildman–Crippen MR) is 113 cm³/mol. The smallest absolute Gasteiger partial charge is 0.338 e. The quantitative estimate of drug-likeness (QED) is 0.458. The number of aromatic amines is 1. The molecule has 0 spiro atoms. The van der Waals surface area contributed by atoms with Crippen LogP contribution in [0.4, 0.5) is 0 Å². The van der Waals surface area contributed by atoms with E-state index in [0.29, 0.717) is 17.6 Å². The SMILES string of the molecule is O=C(O)c1cnn(-c2nc3cnn(Cc4ccc(-c5ccccc5)cc4)c3c(=O)[nH]2)c1. The molecule has 0 saturated carbocycles. The Morgan fingerprint density at radius 1 is 0.968 bits per heavy atom. The van der Waals surface area contributed by atoms with E-state index in [2.05, 4.69) is 32.3 Å². The fourth-order valence-corrected chi connectivity index (χ4v) is 3.38. The summed E-state index contributed by atoms with van der Waals surface area (Å²) in [7, 11) is 0. The molecule has 0 aliphatic rings. The van der Waals surface area contributed by atoms with E-state index in [4.69, 9.17) is 5.11 Å². The van der Waals surface area contributed by atoms with Gasteiger partial charge < -0.3 is 5.11 Å². The van der Waals surface area contributed by atoms with Gasteiger partial charge in [-0.05, 0) is 16.7 Å². The lowest BCUT2D eigenvalue weighted by Crippen LogP contribution is -2.17. The molecule has 0 saturated heterocycles. The summed E-state index contributed by atoms with van der Waals surface area (Å²) < 4.78 is 2.80. The van der Waals surface area contributed by atoms with Crippen LogP contribution in [0.2, 0.25) is 0 Å². The molecule has 2 aromatic carbocycles. The number of nitrogens with one attached hydrogen (secondary N) is 1. The molecule has 152 valence electrons. The molecule has 3 aromatic heterocycles. The van der Waals surface area contributed by atoms with Crippen LogP contribution in [0, 0.1) is 0 Å². The van der Waals surface area contributed by atoms with E-state index in [-0.39, 0.29) is 17.1 Å². The van der Waals surface area contributed by atoms with E-state index in [9.17, 15) is 9.59 Å². The summed E-state index contributed by atoms with van der Waals surface area (Å²) in [6, 6.07) is 18.2. The highest BCUT2D eigenvalue weighted by atomic mass is 16.4. The Hall–Kier alpha value is -4.53. The average molecular weight is 412 g/mol. The first kappa shape index (κ1) is 18.5. The van der Waals surface area contributed by atoms with Crippen molar-refractivity contribution < 1.29 is 9.90 Å². The zero-order valence-electron chi connectivity index (χ0n) is 16.1. The molecular formula is C22H16N6O3. The number of rotatable bonds is 5. The van der Waals surface area contributed by atoms with Crippen LogP contribution in [-0.2, 0) is 6.54 Å². The minimum absolute atomic E-state index is 0.00242. The lowest BCUT2D eigenvalue weighted by atomic mass is 10.0. The summed E-state index contributed by atoms with van der Waals surface area (Å²) in [6.45, 7) is 0.410. The number of hydrogen-bond acceptors (Lipinski definition) is 5.